The predicted molar refractivity (Wildman–Crippen MR) is 87.4 cm³/mol. The van der Waals surface area contributed by atoms with Crippen LogP contribution >= 0.6 is 0 Å². The van der Waals surface area contributed by atoms with Gasteiger partial charge in [-0.05, 0) is 19.1 Å². The maximum absolute atomic E-state index is 12.0. The Hall–Kier alpha value is -3.02. The first-order valence-corrected chi connectivity index (χ1v) is 7.32. The van der Waals surface area contributed by atoms with Crippen LogP contribution in [0.4, 0.5) is 5.82 Å². The molecule has 0 aliphatic carbocycles. The Bertz CT molecular complexity index is 805. The van der Waals surface area contributed by atoms with Gasteiger partial charge in [0.1, 0.15) is 23.9 Å². The molecule has 0 aliphatic rings. The van der Waals surface area contributed by atoms with E-state index in [0.717, 1.165) is 17.0 Å². The number of nitrogens with zero attached hydrogens (tertiary/aromatic N) is 2. The molecular formula is C17H18N4O2. The summed E-state index contributed by atoms with van der Waals surface area (Å²) < 4.78 is 7.21. The number of nitrogens with one attached hydrogen (secondary N) is 1. The molecule has 2 aromatic heterocycles. The Kier molecular flexibility index (Phi) is 4.14. The van der Waals surface area contributed by atoms with Crippen LogP contribution in [-0.2, 0) is 17.9 Å². The van der Waals surface area contributed by atoms with Crippen LogP contribution < -0.4 is 11.1 Å². The lowest BCUT2D eigenvalue weighted by atomic mass is 10.2. The summed E-state index contributed by atoms with van der Waals surface area (Å²) in [6.07, 6.45) is 0. The van der Waals surface area contributed by atoms with Gasteiger partial charge in [-0.25, -0.2) is 4.68 Å². The van der Waals surface area contributed by atoms with Crippen molar-refractivity contribution in [1.29, 1.82) is 0 Å². The van der Waals surface area contributed by atoms with Gasteiger partial charge in [0, 0.05) is 11.6 Å². The fourth-order valence-corrected chi connectivity index (χ4v) is 2.30. The Balaban J connectivity index is 1.57. The highest BCUT2D eigenvalue weighted by molar-refractivity contribution is 5.76. The van der Waals surface area contributed by atoms with Gasteiger partial charge in [-0.3, -0.25) is 4.79 Å². The standard InChI is InChI=1S/C17H18N4O2/c1-12-9-16(18)21(20-12)11-17(22)19-10-14-7-8-15(23-14)13-5-3-2-4-6-13/h2-9H,10-11,18H2,1H3,(H,19,22). The minimum absolute atomic E-state index is 0.0892. The summed E-state index contributed by atoms with van der Waals surface area (Å²) in [4.78, 5) is 12.0. The average molecular weight is 310 g/mol. The molecule has 0 fully saturated rings. The number of anilines is 1. The topological polar surface area (TPSA) is 86.1 Å². The van der Waals surface area contributed by atoms with Gasteiger partial charge in [-0.2, -0.15) is 5.10 Å². The average Bonchev–Trinajstić information content (AvgIpc) is 3.13. The molecule has 1 amide bonds. The van der Waals surface area contributed by atoms with E-state index in [9.17, 15) is 4.79 Å². The quantitative estimate of drug-likeness (QED) is 0.757. The second kappa shape index (κ2) is 6.39. The number of amides is 1. The highest BCUT2D eigenvalue weighted by atomic mass is 16.3. The van der Waals surface area contributed by atoms with E-state index in [1.807, 2.05) is 49.4 Å². The maximum atomic E-state index is 12.0. The number of aryl methyl sites for hydroxylation is 1. The van der Waals surface area contributed by atoms with Crippen molar-refractivity contribution in [2.24, 2.45) is 0 Å². The number of nitrogens with two attached hydrogens (primary N) is 1. The zero-order valence-corrected chi connectivity index (χ0v) is 12.8. The zero-order valence-electron chi connectivity index (χ0n) is 12.8. The molecule has 0 radical (unpaired) electrons. The number of benzene rings is 1. The van der Waals surface area contributed by atoms with Crippen molar-refractivity contribution in [3.8, 4) is 11.3 Å². The molecule has 118 valence electrons. The van der Waals surface area contributed by atoms with Gasteiger partial charge in [0.25, 0.3) is 0 Å². The van der Waals surface area contributed by atoms with E-state index in [-0.39, 0.29) is 12.5 Å². The van der Waals surface area contributed by atoms with Gasteiger partial charge in [-0.1, -0.05) is 30.3 Å². The van der Waals surface area contributed by atoms with Crippen LogP contribution in [0, 0.1) is 6.92 Å². The van der Waals surface area contributed by atoms with Crippen molar-refractivity contribution in [3.63, 3.8) is 0 Å². The van der Waals surface area contributed by atoms with Crippen molar-refractivity contribution in [2.45, 2.75) is 20.0 Å². The molecule has 3 aromatic rings. The molecule has 0 aliphatic heterocycles. The minimum atomic E-state index is -0.169. The SMILES string of the molecule is Cc1cc(N)n(CC(=O)NCc2ccc(-c3ccccc3)o2)n1. The normalized spacial score (nSPS) is 10.7. The highest BCUT2D eigenvalue weighted by Crippen LogP contribution is 2.21. The number of aromatic nitrogens is 2. The Labute approximate surface area is 133 Å². The van der Waals surface area contributed by atoms with Crippen LogP contribution in [0.15, 0.2) is 52.9 Å². The monoisotopic (exact) mass is 310 g/mol. The first kappa shape index (κ1) is 14.9. The van der Waals surface area contributed by atoms with E-state index in [0.29, 0.717) is 18.1 Å². The van der Waals surface area contributed by atoms with E-state index < -0.39 is 0 Å². The fraction of sp³-hybridized carbons (Fsp3) is 0.176. The van der Waals surface area contributed by atoms with Crippen molar-refractivity contribution in [1.82, 2.24) is 15.1 Å². The van der Waals surface area contributed by atoms with E-state index in [2.05, 4.69) is 10.4 Å². The van der Waals surface area contributed by atoms with Crippen LogP contribution in [-0.4, -0.2) is 15.7 Å². The van der Waals surface area contributed by atoms with Crippen molar-refractivity contribution in [3.05, 3.63) is 60.0 Å². The summed E-state index contributed by atoms with van der Waals surface area (Å²) in [5, 5.41) is 6.96. The molecular weight excluding hydrogens is 292 g/mol. The molecule has 6 nitrogen and oxygen atoms in total. The molecule has 3 N–H and O–H groups in total. The number of furan rings is 1. The van der Waals surface area contributed by atoms with E-state index in [1.165, 1.54) is 4.68 Å². The van der Waals surface area contributed by atoms with Crippen LogP contribution in [0.3, 0.4) is 0 Å². The molecule has 0 bridgehead atoms. The van der Waals surface area contributed by atoms with Crippen molar-refractivity contribution >= 4 is 11.7 Å². The third-order valence-electron chi connectivity index (χ3n) is 3.41. The number of carbonyl (C=O) groups excluding carboxylic acids is 1. The van der Waals surface area contributed by atoms with E-state index in [4.69, 9.17) is 10.2 Å². The third-order valence-corrected chi connectivity index (χ3v) is 3.41. The van der Waals surface area contributed by atoms with Gasteiger partial charge >= 0.3 is 0 Å². The Morgan fingerprint density at radius 2 is 2.04 bits per heavy atom. The molecule has 0 atom stereocenters. The fourth-order valence-electron chi connectivity index (χ4n) is 2.30. The molecule has 0 unspecified atom stereocenters. The Morgan fingerprint density at radius 1 is 1.26 bits per heavy atom. The first-order valence-electron chi connectivity index (χ1n) is 7.32. The molecule has 0 spiro atoms. The number of hydrogen-bond acceptors (Lipinski definition) is 4. The lowest BCUT2D eigenvalue weighted by Crippen LogP contribution is -2.27. The van der Waals surface area contributed by atoms with Crippen LogP contribution in [0.1, 0.15) is 11.5 Å². The smallest absolute Gasteiger partial charge is 0.242 e. The van der Waals surface area contributed by atoms with Crippen LogP contribution in [0.5, 0.6) is 0 Å². The summed E-state index contributed by atoms with van der Waals surface area (Å²) in [7, 11) is 0. The van der Waals surface area contributed by atoms with Crippen molar-refractivity contribution < 1.29 is 9.21 Å². The predicted octanol–water partition coefficient (Wildman–Crippen LogP) is 2.35. The molecule has 3 rings (SSSR count). The summed E-state index contributed by atoms with van der Waals surface area (Å²) in [6, 6.07) is 15.3. The van der Waals surface area contributed by atoms with Crippen LogP contribution in [0.25, 0.3) is 11.3 Å². The minimum Gasteiger partial charge on any atom is -0.459 e. The molecule has 23 heavy (non-hydrogen) atoms. The third kappa shape index (κ3) is 3.60. The highest BCUT2D eigenvalue weighted by Gasteiger charge is 2.09. The first-order chi connectivity index (χ1) is 11.1. The molecule has 0 saturated heterocycles. The van der Waals surface area contributed by atoms with Gasteiger partial charge in [0.05, 0.1) is 12.2 Å². The van der Waals surface area contributed by atoms with Crippen LogP contribution in [0.2, 0.25) is 0 Å². The largest absolute Gasteiger partial charge is 0.459 e. The number of carbonyl (C=O) groups is 1. The van der Waals surface area contributed by atoms with Gasteiger partial charge in [-0.15, -0.1) is 0 Å². The van der Waals surface area contributed by atoms with Gasteiger partial charge < -0.3 is 15.5 Å². The van der Waals surface area contributed by atoms with Crippen molar-refractivity contribution in [2.75, 3.05) is 5.73 Å². The van der Waals surface area contributed by atoms with Gasteiger partial charge in [0.15, 0.2) is 0 Å². The summed E-state index contributed by atoms with van der Waals surface area (Å²) in [5.41, 5.74) is 7.56. The molecule has 6 heteroatoms. The summed E-state index contributed by atoms with van der Waals surface area (Å²) in [6.45, 7) is 2.25. The summed E-state index contributed by atoms with van der Waals surface area (Å²) in [5.74, 6) is 1.78. The number of nitrogen functional groups attached to an aromatic ring is 1. The number of rotatable bonds is 5. The molecule has 1 aromatic carbocycles. The number of hydrogen-bond donors (Lipinski definition) is 2. The van der Waals surface area contributed by atoms with Gasteiger partial charge in [0.2, 0.25) is 5.91 Å². The molecule has 0 saturated carbocycles. The Morgan fingerprint density at radius 3 is 2.74 bits per heavy atom. The molecule has 2 heterocycles. The van der Waals surface area contributed by atoms with E-state index >= 15 is 0 Å². The lowest BCUT2D eigenvalue weighted by Gasteiger charge is -2.05. The summed E-state index contributed by atoms with van der Waals surface area (Å²) >= 11 is 0. The maximum Gasteiger partial charge on any atom is 0.242 e. The van der Waals surface area contributed by atoms with E-state index in [1.54, 1.807) is 6.07 Å². The second-order valence-corrected chi connectivity index (χ2v) is 5.28. The zero-order chi connectivity index (χ0) is 16.2. The lowest BCUT2D eigenvalue weighted by molar-refractivity contribution is -0.122. The second-order valence-electron chi connectivity index (χ2n) is 5.28.